The van der Waals surface area contributed by atoms with Crippen molar-refractivity contribution in [2.75, 3.05) is 12.4 Å². The molecule has 0 atom stereocenters. The topological polar surface area (TPSA) is 100 Å². The fraction of sp³-hybridized carbons (Fsp3) is 0.167. The van der Waals surface area contributed by atoms with Gasteiger partial charge in [0.05, 0.1) is 18.5 Å². The van der Waals surface area contributed by atoms with Crippen LogP contribution in [0.3, 0.4) is 0 Å². The fourth-order valence-electron chi connectivity index (χ4n) is 3.24. The molecule has 0 saturated carbocycles. The maximum atomic E-state index is 12.7. The average Bonchev–Trinajstić information content (AvgIpc) is 3.44. The largest absolute Gasteiger partial charge is 0.471 e. The highest BCUT2D eigenvalue weighted by atomic mass is 16.5. The highest BCUT2D eigenvalue weighted by Crippen LogP contribution is 2.23. The fourth-order valence-corrected chi connectivity index (χ4v) is 3.24. The van der Waals surface area contributed by atoms with Crippen molar-refractivity contribution in [3.8, 4) is 16.9 Å². The van der Waals surface area contributed by atoms with Crippen LogP contribution in [0.15, 0.2) is 66.9 Å². The minimum absolute atomic E-state index is 0.0348. The number of benzene rings is 2. The van der Waals surface area contributed by atoms with Gasteiger partial charge in [-0.05, 0) is 36.2 Å². The van der Waals surface area contributed by atoms with E-state index in [4.69, 9.17) is 9.47 Å². The van der Waals surface area contributed by atoms with Gasteiger partial charge in [0.1, 0.15) is 5.75 Å². The second-order valence-corrected chi connectivity index (χ2v) is 7.28. The molecule has 1 N–H and O–H groups in total. The van der Waals surface area contributed by atoms with E-state index in [0.29, 0.717) is 17.1 Å². The molecular formula is C24H23N5O4. The third kappa shape index (κ3) is 4.77. The van der Waals surface area contributed by atoms with E-state index in [1.807, 2.05) is 54.6 Å². The molecule has 0 aliphatic heterocycles. The van der Waals surface area contributed by atoms with Crippen LogP contribution in [0.5, 0.6) is 5.75 Å². The van der Waals surface area contributed by atoms with Crippen molar-refractivity contribution in [3.63, 3.8) is 0 Å². The van der Waals surface area contributed by atoms with Gasteiger partial charge in [0.2, 0.25) is 0 Å². The zero-order chi connectivity index (χ0) is 23.4. The summed E-state index contributed by atoms with van der Waals surface area (Å²) < 4.78 is 13.5. The Morgan fingerprint density at radius 3 is 2.36 bits per heavy atom. The number of carbonyl (C=O) groups is 2. The molecule has 0 fully saturated rings. The highest BCUT2D eigenvalue weighted by Gasteiger charge is 2.23. The molecule has 2 aromatic carbocycles. The number of aromatic nitrogens is 4. The number of methoxy groups -OCH3 is 1. The van der Waals surface area contributed by atoms with Crippen molar-refractivity contribution in [2.24, 2.45) is 7.05 Å². The Labute approximate surface area is 190 Å². The third-order valence-corrected chi connectivity index (χ3v) is 5.15. The number of esters is 1. The molecule has 0 spiro atoms. The van der Waals surface area contributed by atoms with Gasteiger partial charge in [-0.2, -0.15) is 10.2 Å². The molecule has 9 nitrogen and oxygen atoms in total. The number of anilines is 1. The Hall–Kier alpha value is -4.40. The molecule has 33 heavy (non-hydrogen) atoms. The normalized spacial score (nSPS) is 10.6. The minimum Gasteiger partial charge on any atom is -0.471 e. The number of rotatable bonds is 7. The molecule has 4 aromatic rings. The molecule has 4 rings (SSSR count). The number of carbonyl (C=O) groups excluding carboxylic acids is 2. The second kappa shape index (κ2) is 9.39. The van der Waals surface area contributed by atoms with Crippen molar-refractivity contribution >= 4 is 17.6 Å². The van der Waals surface area contributed by atoms with Crippen molar-refractivity contribution in [3.05, 3.63) is 83.9 Å². The summed E-state index contributed by atoms with van der Waals surface area (Å²) in [6.07, 6.45) is 1.64. The summed E-state index contributed by atoms with van der Waals surface area (Å²) >= 11 is 0. The first-order valence-corrected chi connectivity index (χ1v) is 10.2. The van der Waals surface area contributed by atoms with Gasteiger partial charge in [-0.25, -0.2) is 9.48 Å². The van der Waals surface area contributed by atoms with E-state index in [-0.39, 0.29) is 18.1 Å². The standard InChI is InChI=1S/C24H23N5O4/c1-16-21(22(24(31)32-3)27-28(16)2)25-23(30)20-13-14-29(26-20)15-33-19-11-9-18(10-12-19)17-7-5-4-6-8-17/h4-14H,15H2,1-3H3,(H,25,30). The molecule has 0 radical (unpaired) electrons. The SMILES string of the molecule is COC(=O)c1nn(C)c(C)c1NC(=O)c1ccn(COc2ccc(-c3ccccc3)cc2)n1. The number of hydrogen-bond donors (Lipinski definition) is 1. The van der Waals surface area contributed by atoms with Gasteiger partial charge in [-0.15, -0.1) is 0 Å². The van der Waals surface area contributed by atoms with Crippen molar-refractivity contribution in [2.45, 2.75) is 13.7 Å². The van der Waals surface area contributed by atoms with Gasteiger partial charge in [0.15, 0.2) is 18.1 Å². The summed E-state index contributed by atoms with van der Waals surface area (Å²) in [7, 11) is 2.94. The number of aryl methyl sites for hydroxylation is 1. The third-order valence-electron chi connectivity index (χ3n) is 5.15. The molecule has 0 aliphatic carbocycles. The van der Waals surface area contributed by atoms with Crippen LogP contribution in [0.4, 0.5) is 5.69 Å². The van der Waals surface area contributed by atoms with Crippen LogP contribution in [0, 0.1) is 6.92 Å². The Kier molecular flexibility index (Phi) is 6.21. The minimum atomic E-state index is -0.633. The predicted molar refractivity (Wildman–Crippen MR) is 122 cm³/mol. The maximum Gasteiger partial charge on any atom is 0.360 e. The first-order valence-electron chi connectivity index (χ1n) is 10.2. The van der Waals surface area contributed by atoms with Crippen molar-refractivity contribution in [1.29, 1.82) is 0 Å². The number of nitrogens with one attached hydrogen (secondary N) is 1. The summed E-state index contributed by atoms with van der Waals surface area (Å²) in [5.74, 6) is -0.418. The van der Waals surface area contributed by atoms with Gasteiger partial charge in [0.25, 0.3) is 5.91 Å². The van der Waals surface area contributed by atoms with Crippen LogP contribution >= 0.6 is 0 Å². The summed E-state index contributed by atoms with van der Waals surface area (Å²) in [6.45, 7) is 1.88. The van der Waals surface area contributed by atoms with Gasteiger partial charge in [-0.3, -0.25) is 9.48 Å². The Morgan fingerprint density at radius 2 is 1.67 bits per heavy atom. The number of amides is 1. The van der Waals surface area contributed by atoms with Gasteiger partial charge < -0.3 is 14.8 Å². The van der Waals surface area contributed by atoms with Crippen LogP contribution in [0.25, 0.3) is 11.1 Å². The molecule has 0 saturated heterocycles. The zero-order valence-electron chi connectivity index (χ0n) is 18.5. The van der Waals surface area contributed by atoms with Gasteiger partial charge in [0, 0.05) is 13.2 Å². The van der Waals surface area contributed by atoms with E-state index in [1.165, 1.54) is 16.5 Å². The van der Waals surface area contributed by atoms with E-state index in [0.717, 1.165) is 11.1 Å². The maximum absolute atomic E-state index is 12.7. The van der Waals surface area contributed by atoms with Crippen LogP contribution in [0.1, 0.15) is 26.7 Å². The van der Waals surface area contributed by atoms with E-state index < -0.39 is 11.9 Å². The lowest BCUT2D eigenvalue weighted by molar-refractivity contribution is 0.0594. The summed E-state index contributed by atoms with van der Waals surface area (Å²) in [4.78, 5) is 24.6. The first kappa shape index (κ1) is 21.8. The Morgan fingerprint density at radius 1 is 0.970 bits per heavy atom. The smallest absolute Gasteiger partial charge is 0.360 e. The monoisotopic (exact) mass is 445 g/mol. The number of hydrogen-bond acceptors (Lipinski definition) is 6. The molecule has 0 aliphatic rings. The van der Waals surface area contributed by atoms with E-state index in [9.17, 15) is 9.59 Å². The summed E-state index contributed by atoms with van der Waals surface area (Å²) in [5, 5.41) is 11.1. The number of nitrogens with zero attached hydrogens (tertiary/aromatic N) is 4. The van der Waals surface area contributed by atoms with Crippen LogP contribution in [-0.2, 0) is 18.5 Å². The lowest BCUT2D eigenvalue weighted by Crippen LogP contribution is -2.17. The summed E-state index contributed by atoms with van der Waals surface area (Å²) in [5.41, 5.74) is 3.35. The van der Waals surface area contributed by atoms with E-state index >= 15 is 0 Å². The number of ether oxygens (including phenoxy) is 2. The molecule has 1 amide bonds. The second-order valence-electron chi connectivity index (χ2n) is 7.28. The quantitative estimate of drug-likeness (QED) is 0.436. The zero-order valence-corrected chi connectivity index (χ0v) is 18.5. The van der Waals surface area contributed by atoms with Crippen LogP contribution in [0.2, 0.25) is 0 Å². The molecule has 168 valence electrons. The lowest BCUT2D eigenvalue weighted by Gasteiger charge is -2.08. The Bertz CT molecular complexity index is 1280. The van der Waals surface area contributed by atoms with Gasteiger partial charge >= 0.3 is 5.97 Å². The molecule has 2 aromatic heterocycles. The molecule has 2 heterocycles. The first-order chi connectivity index (χ1) is 16.0. The molecular weight excluding hydrogens is 422 g/mol. The predicted octanol–water partition coefficient (Wildman–Crippen LogP) is 3.67. The van der Waals surface area contributed by atoms with Crippen LogP contribution < -0.4 is 10.1 Å². The average molecular weight is 445 g/mol. The molecule has 0 bridgehead atoms. The van der Waals surface area contributed by atoms with Gasteiger partial charge in [-0.1, -0.05) is 42.5 Å². The Balaban J connectivity index is 1.39. The lowest BCUT2D eigenvalue weighted by atomic mass is 10.1. The van der Waals surface area contributed by atoms with E-state index in [2.05, 4.69) is 15.5 Å². The summed E-state index contributed by atoms with van der Waals surface area (Å²) in [6, 6.07) is 19.4. The van der Waals surface area contributed by atoms with Crippen LogP contribution in [-0.4, -0.2) is 38.5 Å². The molecule has 9 heteroatoms. The highest BCUT2D eigenvalue weighted by molar-refractivity contribution is 6.06. The van der Waals surface area contributed by atoms with E-state index in [1.54, 1.807) is 26.2 Å². The van der Waals surface area contributed by atoms with Crippen molar-refractivity contribution in [1.82, 2.24) is 19.6 Å². The molecule has 0 unspecified atom stereocenters. The van der Waals surface area contributed by atoms with Crippen molar-refractivity contribution < 1.29 is 19.1 Å².